The maximum atomic E-state index is 14.2. The smallest absolute Gasteiger partial charge is 0.155 e. The van der Waals surface area contributed by atoms with Gasteiger partial charge in [0, 0.05) is 5.39 Å². The average molecular weight is 327 g/mol. The molecule has 4 aromatic carbocycles. The van der Waals surface area contributed by atoms with E-state index < -0.39 is 8.80 Å². The Bertz CT molecular complexity index is 925. The van der Waals surface area contributed by atoms with Gasteiger partial charge in [0.25, 0.3) is 0 Å². The molecule has 0 amide bonds. The molecule has 0 bridgehead atoms. The van der Waals surface area contributed by atoms with Gasteiger partial charge in [0.2, 0.25) is 0 Å². The Kier molecular flexibility index (Phi) is 3.97. The fourth-order valence-electron chi connectivity index (χ4n) is 3.17. The molecule has 0 atom stereocenters. The highest BCUT2D eigenvalue weighted by Gasteiger charge is 2.22. The monoisotopic (exact) mass is 327 g/mol. The molecule has 4 aromatic rings. The maximum Gasteiger partial charge on any atom is 0.155 e. The third-order valence-corrected chi connectivity index (χ3v) is 7.06. The van der Waals surface area contributed by atoms with E-state index in [0.29, 0.717) is 5.39 Å². The van der Waals surface area contributed by atoms with Gasteiger partial charge < -0.3 is 0 Å². The molecule has 0 saturated carbocycles. The van der Waals surface area contributed by atoms with Crippen LogP contribution in [0.4, 0.5) is 4.39 Å². The Balaban J connectivity index is 2.00. The summed E-state index contributed by atoms with van der Waals surface area (Å²) in [5.41, 5.74) is 0. The van der Waals surface area contributed by atoms with Crippen LogP contribution in [0.1, 0.15) is 0 Å². The summed E-state index contributed by atoms with van der Waals surface area (Å²) in [4.78, 5) is 0. The Labute approximate surface area is 142 Å². The van der Waals surface area contributed by atoms with Crippen molar-refractivity contribution in [3.63, 3.8) is 0 Å². The molecule has 24 heavy (non-hydrogen) atoms. The van der Waals surface area contributed by atoms with Crippen molar-refractivity contribution in [1.82, 2.24) is 0 Å². The first-order valence-corrected chi connectivity index (χ1v) is 9.50. The highest BCUT2D eigenvalue weighted by atomic mass is 28.3. The summed E-state index contributed by atoms with van der Waals surface area (Å²) in [6.45, 7) is 0. The standard InChI is InChI=1S/C22H16FSi/c23-21-15-16-22(20-14-8-7-13-19(20)21)24(17-9-3-1-4-10-17)18-11-5-2-6-12-18/h1-16H. The van der Waals surface area contributed by atoms with E-state index in [-0.39, 0.29) is 5.82 Å². The van der Waals surface area contributed by atoms with E-state index in [2.05, 4.69) is 48.5 Å². The van der Waals surface area contributed by atoms with Crippen molar-refractivity contribution >= 4 is 35.1 Å². The molecule has 0 spiro atoms. The van der Waals surface area contributed by atoms with Crippen molar-refractivity contribution in [2.75, 3.05) is 0 Å². The third-order valence-electron chi connectivity index (χ3n) is 4.27. The molecule has 115 valence electrons. The van der Waals surface area contributed by atoms with Crippen LogP contribution in [0.2, 0.25) is 0 Å². The van der Waals surface area contributed by atoms with Gasteiger partial charge in [-0.05, 0) is 16.6 Å². The summed E-state index contributed by atoms with van der Waals surface area (Å²) >= 11 is 0. The first kappa shape index (κ1) is 14.9. The molecule has 2 heteroatoms. The van der Waals surface area contributed by atoms with Crippen LogP contribution >= 0.6 is 0 Å². The fraction of sp³-hybridized carbons (Fsp3) is 0. The molecule has 0 N–H and O–H groups in total. The minimum Gasteiger partial charge on any atom is -0.206 e. The number of benzene rings is 4. The predicted octanol–water partition coefficient (Wildman–Crippen LogP) is 3.50. The second kappa shape index (κ2) is 6.42. The Morgan fingerprint density at radius 2 is 1.00 bits per heavy atom. The van der Waals surface area contributed by atoms with Gasteiger partial charge in [-0.3, -0.25) is 0 Å². The summed E-state index contributed by atoms with van der Waals surface area (Å²) in [6.07, 6.45) is 0. The van der Waals surface area contributed by atoms with Crippen molar-refractivity contribution in [3.05, 3.63) is 103 Å². The van der Waals surface area contributed by atoms with Gasteiger partial charge >= 0.3 is 0 Å². The average Bonchev–Trinajstić information content (AvgIpc) is 2.66. The summed E-state index contributed by atoms with van der Waals surface area (Å²) in [6, 6.07) is 32.5. The summed E-state index contributed by atoms with van der Waals surface area (Å²) < 4.78 is 14.2. The van der Waals surface area contributed by atoms with Crippen LogP contribution in [0.5, 0.6) is 0 Å². The van der Waals surface area contributed by atoms with Crippen molar-refractivity contribution < 1.29 is 4.39 Å². The van der Waals surface area contributed by atoms with Gasteiger partial charge in [-0.15, -0.1) is 0 Å². The Hall–Kier alpha value is -2.71. The highest BCUT2D eigenvalue weighted by Crippen LogP contribution is 2.16. The number of halogens is 1. The molecule has 0 aliphatic rings. The van der Waals surface area contributed by atoms with Gasteiger partial charge in [0.05, 0.1) is 0 Å². The summed E-state index contributed by atoms with van der Waals surface area (Å²) in [5, 5.41) is 5.56. The topological polar surface area (TPSA) is 0 Å². The Morgan fingerprint density at radius 3 is 1.58 bits per heavy atom. The maximum absolute atomic E-state index is 14.2. The van der Waals surface area contributed by atoms with Gasteiger partial charge in [-0.25, -0.2) is 4.39 Å². The largest absolute Gasteiger partial charge is 0.206 e. The van der Waals surface area contributed by atoms with E-state index in [1.165, 1.54) is 15.6 Å². The van der Waals surface area contributed by atoms with E-state index in [1.54, 1.807) is 6.07 Å². The zero-order valence-corrected chi connectivity index (χ0v) is 14.1. The third kappa shape index (κ3) is 2.66. The molecule has 0 fully saturated rings. The fourth-order valence-corrected chi connectivity index (χ4v) is 5.91. The van der Waals surface area contributed by atoms with Gasteiger partial charge in [-0.1, -0.05) is 101 Å². The zero-order chi connectivity index (χ0) is 16.4. The lowest BCUT2D eigenvalue weighted by molar-refractivity contribution is 0.640. The molecule has 0 aliphatic carbocycles. The lowest BCUT2D eigenvalue weighted by atomic mass is 10.1. The van der Waals surface area contributed by atoms with Crippen LogP contribution in [0.25, 0.3) is 10.8 Å². The highest BCUT2D eigenvalue weighted by molar-refractivity contribution is 6.96. The summed E-state index contributed by atoms with van der Waals surface area (Å²) in [5.74, 6) is -0.156. The van der Waals surface area contributed by atoms with Crippen molar-refractivity contribution in [3.8, 4) is 0 Å². The molecular formula is C22H16FSi. The molecule has 0 aliphatic heterocycles. The van der Waals surface area contributed by atoms with E-state index in [0.717, 1.165) is 5.39 Å². The quantitative estimate of drug-likeness (QED) is 0.399. The van der Waals surface area contributed by atoms with E-state index in [9.17, 15) is 4.39 Å². The van der Waals surface area contributed by atoms with Crippen LogP contribution in [-0.2, 0) is 0 Å². The lowest BCUT2D eigenvalue weighted by Crippen LogP contribution is -2.52. The normalized spacial score (nSPS) is 11.1. The van der Waals surface area contributed by atoms with Crippen LogP contribution < -0.4 is 15.6 Å². The Morgan fingerprint density at radius 1 is 0.500 bits per heavy atom. The van der Waals surface area contributed by atoms with Crippen LogP contribution in [0, 0.1) is 5.82 Å². The lowest BCUT2D eigenvalue weighted by Gasteiger charge is -2.19. The van der Waals surface area contributed by atoms with Crippen LogP contribution in [-0.4, -0.2) is 8.80 Å². The van der Waals surface area contributed by atoms with E-state index in [1.807, 2.05) is 42.5 Å². The molecule has 1 radical (unpaired) electrons. The number of rotatable bonds is 3. The van der Waals surface area contributed by atoms with E-state index in [4.69, 9.17) is 0 Å². The SMILES string of the molecule is Fc1ccc([Si](c2ccccc2)c2ccccc2)c2ccccc12. The first-order chi connectivity index (χ1) is 11.8. The molecular weight excluding hydrogens is 311 g/mol. The second-order valence-corrected chi connectivity index (χ2v) is 8.19. The van der Waals surface area contributed by atoms with Crippen LogP contribution in [0.3, 0.4) is 0 Å². The first-order valence-electron chi connectivity index (χ1n) is 8.00. The van der Waals surface area contributed by atoms with Crippen molar-refractivity contribution in [2.45, 2.75) is 0 Å². The number of hydrogen-bond acceptors (Lipinski definition) is 0. The molecule has 0 unspecified atom stereocenters. The van der Waals surface area contributed by atoms with Crippen LogP contribution in [0.15, 0.2) is 97.1 Å². The molecule has 0 heterocycles. The van der Waals surface area contributed by atoms with Crippen molar-refractivity contribution in [2.24, 2.45) is 0 Å². The number of fused-ring (bicyclic) bond motifs is 1. The predicted molar refractivity (Wildman–Crippen MR) is 101 cm³/mol. The molecule has 0 aromatic heterocycles. The molecule has 4 rings (SSSR count). The zero-order valence-electron chi connectivity index (χ0n) is 13.1. The van der Waals surface area contributed by atoms with Gasteiger partial charge in [-0.2, -0.15) is 0 Å². The van der Waals surface area contributed by atoms with Gasteiger partial charge in [0.15, 0.2) is 8.80 Å². The molecule has 0 saturated heterocycles. The summed E-state index contributed by atoms with van der Waals surface area (Å²) in [7, 11) is -1.19. The van der Waals surface area contributed by atoms with Gasteiger partial charge in [0.1, 0.15) is 5.82 Å². The second-order valence-electron chi connectivity index (χ2n) is 5.75. The minimum atomic E-state index is -1.19. The minimum absolute atomic E-state index is 0.156. The van der Waals surface area contributed by atoms with Crippen molar-refractivity contribution in [1.29, 1.82) is 0 Å². The number of hydrogen-bond donors (Lipinski definition) is 0. The molecule has 0 nitrogen and oxygen atoms in total. The van der Waals surface area contributed by atoms with E-state index >= 15 is 0 Å².